The van der Waals surface area contributed by atoms with Gasteiger partial charge in [0.25, 0.3) is 5.13 Å². The van der Waals surface area contributed by atoms with Crippen LogP contribution in [0.1, 0.15) is 31.8 Å². The predicted molar refractivity (Wildman–Crippen MR) is 106 cm³/mol. The Morgan fingerprint density at radius 3 is 2.00 bits per heavy atom. The molecule has 2 aromatic rings. The smallest absolute Gasteiger partial charge is 0.338 e. The van der Waals surface area contributed by atoms with E-state index in [9.17, 15) is 14.0 Å². The normalized spacial score (nSPS) is 26.2. The van der Waals surface area contributed by atoms with Crippen molar-refractivity contribution in [3.05, 3.63) is 70.8 Å². The van der Waals surface area contributed by atoms with Crippen molar-refractivity contribution in [1.29, 1.82) is 0 Å². The molecule has 3 rings (SSSR count). The van der Waals surface area contributed by atoms with Crippen LogP contribution in [0.4, 0.5) is 4.39 Å². The monoisotopic (exact) mass is 440 g/mol. The van der Waals surface area contributed by atoms with E-state index >= 15 is 0 Å². The van der Waals surface area contributed by atoms with Crippen molar-refractivity contribution in [2.75, 3.05) is 6.61 Å². The van der Waals surface area contributed by atoms with Gasteiger partial charge in [-0.3, -0.25) is 0 Å². The average Bonchev–Trinajstić information content (AvgIpc) is 2.90. The van der Waals surface area contributed by atoms with Crippen LogP contribution < -0.4 is 0 Å². The molecule has 1 unspecified atom stereocenters. The number of esters is 2. The van der Waals surface area contributed by atoms with Crippen LogP contribution in [0.15, 0.2) is 48.5 Å². The van der Waals surface area contributed by atoms with Gasteiger partial charge in [0, 0.05) is 0 Å². The molecule has 1 saturated heterocycles. The third-order valence-electron chi connectivity index (χ3n) is 4.50. The van der Waals surface area contributed by atoms with Gasteiger partial charge >= 0.3 is 11.9 Å². The summed E-state index contributed by atoms with van der Waals surface area (Å²) in [5.41, 5.74) is 0.892. The van der Waals surface area contributed by atoms with Gasteiger partial charge in [-0.1, -0.05) is 58.6 Å². The molecule has 29 heavy (non-hydrogen) atoms. The van der Waals surface area contributed by atoms with Crippen LogP contribution in [0.25, 0.3) is 0 Å². The molecule has 0 saturated carbocycles. The maximum absolute atomic E-state index is 14.8. The minimum Gasteiger partial charge on any atom is -0.459 e. The summed E-state index contributed by atoms with van der Waals surface area (Å²) in [5.74, 6) is -1.42. The van der Waals surface area contributed by atoms with Crippen LogP contribution in [0.2, 0.25) is 0 Å². The first-order chi connectivity index (χ1) is 13.7. The first-order valence-electron chi connectivity index (χ1n) is 8.87. The molecule has 0 aromatic heterocycles. The fraction of sp³-hybridized carbons (Fsp3) is 0.333. The summed E-state index contributed by atoms with van der Waals surface area (Å²) in [6.07, 6.45) is -2.73. The lowest BCUT2D eigenvalue weighted by Gasteiger charge is -2.23. The minimum absolute atomic E-state index is 0.219. The maximum atomic E-state index is 14.8. The molecule has 0 aliphatic carbocycles. The Balaban J connectivity index is 1.69. The molecule has 1 aliphatic rings. The van der Waals surface area contributed by atoms with Crippen LogP contribution in [0, 0.1) is 13.8 Å². The van der Waals surface area contributed by atoms with Crippen LogP contribution in [-0.2, 0) is 14.2 Å². The molecule has 5 nitrogen and oxygen atoms in total. The van der Waals surface area contributed by atoms with Crippen molar-refractivity contribution in [3.8, 4) is 0 Å². The molecule has 1 fully saturated rings. The molecule has 0 spiro atoms. The Kier molecular flexibility index (Phi) is 6.46. The third kappa shape index (κ3) is 4.89. The molecule has 1 heterocycles. The summed E-state index contributed by atoms with van der Waals surface area (Å²) in [6, 6.07) is 13.3. The zero-order valence-corrected chi connectivity index (χ0v) is 17.2. The van der Waals surface area contributed by atoms with Crippen molar-refractivity contribution in [1.82, 2.24) is 0 Å². The standard InChI is InChI=1S/C21H19Cl2FO5/c1-12-3-7-14(8-4-12)18(25)27-11-16-17(21(23,24)20(22)28-16)29-19(26)15-9-5-13(2)6-10-15/h3-10,16-17,20H,11H2,1-2H3/t16-,17-,20?,21-/m1/s1. The molecule has 0 N–H and O–H groups in total. The van der Waals surface area contributed by atoms with Gasteiger partial charge < -0.3 is 14.2 Å². The lowest BCUT2D eigenvalue weighted by atomic mass is 10.1. The third-order valence-corrected chi connectivity index (χ3v) is 5.45. The van der Waals surface area contributed by atoms with Crippen molar-refractivity contribution < 1.29 is 28.2 Å². The Morgan fingerprint density at radius 1 is 1.00 bits per heavy atom. The molecule has 4 atom stereocenters. The SMILES string of the molecule is Cc1ccc(C(=O)OC[C@H]2OC(Cl)[C@@](F)(Cl)[C@@H]2OC(=O)c2ccc(C)cc2)cc1. The van der Waals surface area contributed by atoms with E-state index in [2.05, 4.69) is 0 Å². The van der Waals surface area contributed by atoms with E-state index in [-0.39, 0.29) is 12.2 Å². The fourth-order valence-corrected chi connectivity index (χ4v) is 3.27. The summed E-state index contributed by atoms with van der Waals surface area (Å²) in [4.78, 5) is 24.6. The summed E-state index contributed by atoms with van der Waals surface area (Å²) in [5, 5.41) is -2.68. The van der Waals surface area contributed by atoms with E-state index in [1.54, 1.807) is 48.5 Å². The largest absolute Gasteiger partial charge is 0.459 e. The van der Waals surface area contributed by atoms with Gasteiger partial charge in [-0.2, -0.15) is 0 Å². The Morgan fingerprint density at radius 2 is 1.48 bits per heavy atom. The lowest BCUT2D eigenvalue weighted by molar-refractivity contribution is -0.0370. The lowest BCUT2D eigenvalue weighted by Crippen LogP contribution is -2.42. The van der Waals surface area contributed by atoms with Crippen LogP contribution in [0.3, 0.4) is 0 Å². The number of ether oxygens (including phenoxy) is 3. The fourth-order valence-electron chi connectivity index (χ4n) is 2.78. The van der Waals surface area contributed by atoms with Gasteiger partial charge in [0.1, 0.15) is 12.7 Å². The van der Waals surface area contributed by atoms with E-state index in [1.807, 2.05) is 13.8 Å². The first-order valence-corrected chi connectivity index (χ1v) is 9.68. The molecule has 0 amide bonds. The molecular weight excluding hydrogens is 422 g/mol. The number of carbonyl (C=O) groups excluding carboxylic acids is 2. The quantitative estimate of drug-likeness (QED) is 0.503. The molecule has 2 aromatic carbocycles. The van der Waals surface area contributed by atoms with Crippen molar-refractivity contribution in [2.45, 2.75) is 36.7 Å². The summed E-state index contributed by atoms with van der Waals surface area (Å²) < 4.78 is 30.5. The summed E-state index contributed by atoms with van der Waals surface area (Å²) in [7, 11) is 0. The highest BCUT2D eigenvalue weighted by Gasteiger charge is 2.59. The van der Waals surface area contributed by atoms with Gasteiger partial charge in [-0.25, -0.2) is 14.0 Å². The molecule has 8 heteroatoms. The highest BCUT2D eigenvalue weighted by Crippen LogP contribution is 2.42. The number of hydrogen-bond acceptors (Lipinski definition) is 5. The number of benzene rings is 2. The Labute approximate surface area is 177 Å². The molecule has 154 valence electrons. The topological polar surface area (TPSA) is 61.8 Å². The van der Waals surface area contributed by atoms with E-state index in [4.69, 9.17) is 37.4 Å². The summed E-state index contributed by atoms with van der Waals surface area (Å²) >= 11 is 11.7. The van der Waals surface area contributed by atoms with Crippen molar-refractivity contribution in [3.63, 3.8) is 0 Å². The average molecular weight is 441 g/mol. The Hall–Kier alpha value is -2.15. The van der Waals surface area contributed by atoms with Crippen LogP contribution in [-0.4, -0.2) is 41.4 Å². The molecular formula is C21H19Cl2FO5. The second kappa shape index (κ2) is 8.69. The first kappa shape index (κ1) is 21.6. The van der Waals surface area contributed by atoms with E-state index in [0.29, 0.717) is 5.56 Å². The zero-order chi connectivity index (χ0) is 21.2. The number of aryl methyl sites for hydroxylation is 2. The van der Waals surface area contributed by atoms with Gasteiger partial charge in [0.2, 0.25) is 0 Å². The molecule has 1 aliphatic heterocycles. The molecule has 0 radical (unpaired) electrons. The highest BCUT2D eigenvalue weighted by molar-refractivity contribution is 6.31. The number of alkyl halides is 3. The van der Waals surface area contributed by atoms with E-state index < -0.39 is 34.8 Å². The van der Waals surface area contributed by atoms with Crippen molar-refractivity contribution in [2.24, 2.45) is 0 Å². The van der Waals surface area contributed by atoms with Crippen LogP contribution >= 0.6 is 23.2 Å². The Bertz CT molecular complexity index is 883. The minimum atomic E-state index is -2.68. The van der Waals surface area contributed by atoms with Gasteiger partial charge in [-0.05, 0) is 38.1 Å². The second-order valence-corrected chi connectivity index (χ2v) is 7.80. The number of rotatable bonds is 5. The highest BCUT2D eigenvalue weighted by atomic mass is 35.5. The van der Waals surface area contributed by atoms with Gasteiger partial charge in [0.05, 0.1) is 11.1 Å². The second-order valence-electron chi connectivity index (χ2n) is 6.82. The summed E-state index contributed by atoms with van der Waals surface area (Å²) in [6.45, 7) is 3.36. The number of hydrogen-bond donors (Lipinski definition) is 0. The molecule has 0 bridgehead atoms. The zero-order valence-electron chi connectivity index (χ0n) is 15.7. The van der Waals surface area contributed by atoms with Crippen molar-refractivity contribution >= 4 is 35.1 Å². The van der Waals surface area contributed by atoms with E-state index in [1.165, 1.54) is 0 Å². The van der Waals surface area contributed by atoms with E-state index in [0.717, 1.165) is 11.1 Å². The van der Waals surface area contributed by atoms with Crippen LogP contribution in [0.5, 0.6) is 0 Å². The van der Waals surface area contributed by atoms with Gasteiger partial charge in [0.15, 0.2) is 11.7 Å². The number of halogens is 3. The number of carbonyl (C=O) groups is 2. The predicted octanol–water partition coefficient (Wildman–Crippen LogP) is 4.55. The van der Waals surface area contributed by atoms with Gasteiger partial charge in [-0.15, -0.1) is 0 Å². The maximum Gasteiger partial charge on any atom is 0.338 e.